The van der Waals surface area contributed by atoms with Crippen LogP contribution in [0.2, 0.25) is 0 Å². The number of rotatable bonds is 4. The molecule has 0 aliphatic heterocycles. The second-order valence-electron chi connectivity index (χ2n) is 5.93. The maximum Gasteiger partial charge on any atom is 0.308 e. The Balaban J connectivity index is 2.32. The number of carbonyl (C=O) groups excluding carboxylic acids is 4. The van der Waals surface area contributed by atoms with Crippen LogP contribution in [-0.2, 0) is 19.9 Å². The van der Waals surface area contributed by atoms with Gasteiger partial charge >= 0.3 is 11.9 Å². The molecular weight excluding hydrogens is 352 g/mol. The molecule has 7 heteroatoms. The van der Waals surface area contributed by atoms with E-state index in [9.17, 15) is 19.2 Å². The van der Waals surface area contributed by atoms with Gasteiger partial charge in [-0.2, -0.15) is 0 Å². The van der Waals surface area contributed by atoms with Gasteiger partial charge in [-0.3, -0.25) is 19.2 Å². The lowest BCUT2D eigenvalue weighted by molar-refractivity contribution is -0.149. The molecule has 1 aliphatic carbocycles. The molecule has 0 bridgehead atoms. The van der Waals surface area contributed by atoms with Crippen molar-refractivity contribution in [3.05, 3.63) is 59.2 Å². The van der Waals surface area contributed by atoms with Gasteiger partial charge in [-0.25, -0.2) is 0 Å². The third kappa shape index (κ3) is 2.87. The Hall–Kier alpha value is -3.48. The lowest BCUT2D eigenvalue weighted by Gasteiger charge is -2.27. The summed E-state index contributed by atoms with van der Waals surface area (Å²) in [6.07, 6.45) is 0. The van der Waals surface area contributed by atoms with Gasteiger partial charge in [0.05, 0.1) is 12.7 Å². The van der Waals surface area contributed by atoms with Crippen molar-refractivity contribution in [3.8, 4) is 11.5 Å². The monoisotopic (exact) mass is 368 g/mol. The van der Waals surface area contributed by atoms with Gasteiger partial charge in [0.1, 0.15) is 11.5 Å². The number of methoxy groups -OCH3 is 1. The summed E-state index contributed by atoms with van der Waals surface area (Å²) < 4.78 is 15.7. The van der Waals surface area contributed by atoms with Gasteiger partial charge in [-0.05, 0) is 18.2 Å². The molecule has 2 aromatic rings. The number of fused-ring (bicyclic) bond motifs is 1. The van der Waals surface area contributed by atoms with Crippen molar-refractivity contribution in [2.75, 3.05) is 7.11 Å². The largest absolute Gasteiger partial charge is 0.497 e. The van der Waals surface area contributed by atoms with Crippen molar-refractivity contribution < 1.29 is 33.4 Å². The highest BCUT2D eigenvalue weighted by Crippen LogP contribution is 2.45. The molecule has 0 aromatic heterocycles. The van der Waals surface area contributed by atoms with E-state index < -0.39 is 29.1 Å². The Bertz CT molecular complexity index is 939. The summed E-state index contributed by atoms with van der Waals surface area (Å²) in [6, 6.07) is 10.4. The Morgan fingerprint density at radius 2 is 1.48 bits per heavy atom. The Morgan fingerprint density at radius 1 is 0.889 bits per heavy atom. The van der Waals surface area contributed by atoms with Gasteiger partial charge in [0.2, 0.25) is 11.6 Å². The zero-order chi connectivity index (χ0) is 19.8. The summed E-state index contributed by atoms with van der Waals surface area (Å²) in [7, 11) is 1.40. The predicted molar refractivity (Wildman–Crippen MR) is 92.9 cm³/mol. The Labute approximate surface area is 154 Å². The first-order valence-corrected chi connectivity index (χ1v) is 8.06. The first-order valence-electron chi connectivity index (χ1n) is 8.06. The molecule has 0 heterocycles. The van der Waals surface area contributed by atoms with Crippen molar-refractivity contribution in [1.29, 1.82) is 0 Å². The molecule has 138 valence electrons. The molecule has 0 unspecified atom stereocenters. The standard InChI is InChI=1S/C20H16O7/c1-11(21)26-17-9-8-13(25-3)10-16(17)20(27-12(2)22)18(23)14-6-4-5-7-15(14)19(20)24/h4-10H,1-3H3. The van der Waals surface area contributed by atoms with Crippen LogP contribution in [0, 0.1) is 0 Å². The van der Waals surface area contributed by atoms with E-state index in [0.717, 1.165) is 6.92 Å². The normalized spacial score (nSPS) is 14.5. The van der Waals surface area contributed by atoms with E-state index in [2.05, 4.69) is 0 Å². The Kier molecular flexibility index (Phi) is 4.53. The first kappa shape index (κ1) is 18.3. The number of Topliss-reactive ketones (excluding diaryl/α,β-unsaturated/α-hetero) is 2. The maximum absolute atomic E-state index is 13.2. The molecule has 0 saturated carbocycles. The van der Waals surface area contributed by atoms with Crippen molar-refractivity contribution in [3.63, 3.8) is 0 Å². The van der Waals surface area contributed by atoms with Crippen molar-refractivity contribution in [2.45, 2.75) is 19.4 Å². The highest BCUT2D eigenvalue weighted by Gasteiger charge is 2.59. The minimum atomic E-state index is -2.28. The van der Waals surface area contributed by atoms with E-state index >= 15 is 0 Å². The molecule has 2 aromatic carbocycles. The van der Waals surface area contributed by atoms with Gasteiger partial charge < -0.3 is 14.2 Å². The molecule has 0 spiro atoms. The number of esters is 2. The van der Waals surface area contributed by atoms with Gasteiger partial charge in [0, 0.05) is 25.0 Å². The number of ether oxygens (including phenoxy) is 3. The van der Waals surface area contributed by atoms with Crippen LogP contribution in [0.3, 0.4) is 0 Å². The molecule has 0 fully saturated rings. The van der Waals surface area contributed by atoms with Gasteiger partial charge in [0.15, 0.2) is 0 Å². The number of hydrogen-bond donors (Lipinski definition) is 0. The van der Waals surface area contributed by atoms with Gasteiger partial charge in [0.25, 0.3) is 5.60 Å². The Morgan fingerprint density at radius 3 is 1.96 bits per heavy atom. The molecule has 0 amide bonds. The fraction of sp³-hybridized carbons (Fsp3) is 0.200. The van der Waals surface area contributed by atoms with Crippen LogP contribution in [-0.4, -0.2) is 30.6 Å². The average Bonchev–Trinajstić information content (AvgIpc) is 2.84. The molecule has 0 saturated heterocycles. The molecular formula is C20H16O7. The van der Waals surface area contributed by atoms with Crippen LogP contribution in [0.25, 0.3) is 0 Å². The number of hydrogen-bond acceptors (Lipinski definition) is 7. The molecule has 0 atom stereocenters. The van der Waals surface area contributed by atoms with Crippen molar-refractivity contribution >= 4 is 23.5 Å². The maximum atomic E-state index is 13.2. The van der Waals surface area contributed by atoms with E-state index in [4.69, 9.17) is 14.2 Å². The van der Waals surface area contributed by atoms with Crippen molar-refractivity contribution in [2.24, 2.45) is 0 Å². The molecule has 0 N–H and O–H groups in total. The van der Waals surface area contributed by atoms with E-state index in [1.165, 1.54) is 44.4 Å². The summed E-state index contributed by atoms with van der Waals surface area (Å²) in [5, 5.41) is 0. The molecule has 3 rings (SSSR count). The fourth-order valence-electron chi connectivity index (χ4n) is 3.12. The number of ketones is 2. The molecule has 27 heavy (non-hydrogen) atoms. The minimum absolute atomic E-state index is 0.0703. The quantitative estimate of drug-likeness (QED) is 0.465. The summed E-state index contributed by atoms with van der Waals surface area (Å²) in [4.78, 5) is 49.8. The van der Waals surface area contributed by atoms with Crippen LogP contribution in [0.1, 0.15) is 40.1 Å². The summed E-state index contributed by atoms with van der Waals surface area (Å²) in [5.41, 5.74) is -2.10. The predicted octanol–water partition coefficient (Wildman–Crippen LogP) is 2.46. The smallest absolute Gasteiger partial charge is 0.308 e. The SMILES string of the molecule is COc1ccc(OC(C)=O)c(C2(OC(C)=O)C(=O)c3ccccc3C2=O)c1. The third-order valence-corrected chi connectivity index (χ3v) is 4.17. The fourth-order valence-corrected chi connectivity index (χ4v) is 3.12. The van der Waals surface area contributed by atoms with Crippen LogP contribution in [0.4, 0.5) is 0 Å². The second-order valence-corrected chi connectivity index (χ2v) is 5.93. The first-order chi connectivity index (χ1) is 12.8. The van der Waals surface area contributed by atoms with E-state index in [-0.39, 0.29) is 22.4 Å². The highest BCUT2D eigenvalue weighted by molar-refractivity contribution is 6.32. The average molecular weight is 368 g/mol. The lowest BCUT2D eigenvalue weighted by Crippen LogP contribution is -2.43. The van der Waals surface area contributed by atoms with Crippen LogP contribution in [0.5, 0.6) is 11.5 Å². The van der Waals surface area contributed by atoms with Crippen LogP contribution < -0.4 is 9.47 Å². The minimum Gasteiger partial charge on any atom is -0.497 e. The summed E-state index contributed by atoms with van der Waals surface area (Å²) in [6.45, 7) is 2.27. The summed E-state index contributed by atoms with van der Waals surface area (Å²) in [5.74, 6) is -2.68. The second kappa shape index (κ2) is 6.68. The highest BCUT2D eigenvalue weighted by atomic mass is 16.6. The molecule has 7 nitrogen and oxygen atoms in total. The van der Waals surface area contributed by atoms with Gasteiger partial charge in [-0.1, -0.05) is 24.3 Å². The third-order valence-electron chi connectivity index (χ3n) is 4.17. The van der Waals surface area contributed by atoms with E-state index in [1.807, 2.05) is 0 Å². The number of carbonyl (C=O) groups is 4. The van der Waals surface area contributed by atoms with Gasteiger partial charge in [-0.15, -0.1) is 0 Å². The zero-order valence-electron chi connectivity index (χ0n) is 14.9. The lowest BCUT2D eigenvalue weighted by atomic mass is 9.87. The summed E-state index contributed by atoms with van der Waals surface area (Å²) >= 11 is 0. The zero-order valence-corrected chi connectivity index (χ0v) is 14.9. The van der Waals surface area contributed by atoms with Crippen molar-refractivity contribution in [1.82, 2.24) is 0 Å². The number of benzene rings is 2. The van der Waals surface area contributed by atoms with Crippen LogP contribution in [0.15, 0.2) is 42.5 Å². The molecule has 1 aliphatic rings. The molecule has 0 radical (unpaired) electrons. The van der Waals surface area contributed by atoms with E-state index in [0.29, 0.717) is 5.75 Å². The van der Waals surface area contributed by atoms with E-state index in [1.54, 1.807) is 12.1 Å². The topological polar surface area (TPSA) is 96.0 Å². The van der Waals surface area contributed by atoms with Crippen LogP contribution >= 0.6 is 0 Å².